The zero-order valence-corrected chi connectivity index (χ0v) is 8.79. The molecule has 0 aromatic rings. The molecule has 74 valence electrons. The Balaban J connectivity index is 1.85. The quantitative estimate of drug-likeness (QED) is 0.657. The smallest absolute Gasteiger partial charge is 0.00104 e. The summed E-state index contributed by atoms with van der Waals surface area (Å²) in [4.78, 5) is 0. The average Bonchev–Trinajstić information content (AvgIpc) is 2.17. The molecule has 3 unspecified atom stereocenters. The lowest BCUT2D eigenvalue weighted by atomic mass is 9.69. The van der Waals surface area contributed by atoms with Gasteiger partial charge in [0.1, 0.15) is 0 Å². The molecular formula is C12H21N. The molecule has 0 aliphatic heterocycles. The summed E-state index contributed by atoms with van der Waals surface area (Å²) in [5, 5.41) is 3.57. The molecule has 3 aliphatic rings. The molecule has 1 saturated carbocycles. The Bertz CT molecular complexity index is 195. The zero-order chi connectivity index (χ0) is 9.26. The maximum absolute atomic E-state index is 3.57. The molecule has 0 radical (unpaired) electrons. The van der Waals surface area contributed by atoms with Gasteiger partial charge < -0.3 is 5.32 Å². The third kappa shape index (κ3) is 2.14. The fraction of sp³-hybridized carbons (Fsp3) is 0.833. The van der Waals surface area contributed by atoms with Crippen LogP contribution in [0.15, 0.2) is 12.2 Å². The summed E-state index contributed by atoms with van der Waals surface area (Å²) < 4.78 is 0. The summed E-state index contributed by atoms with van der Waals surface area (Å²) in [6, 6.07) is 0.643. The van der Waals surface area contributed by atoms with Crippen LogP contribution in [-0.4, -0.2) is 12.6 Å². The third-order valence-corrected chi connectivity index (χ3v) is 3.50. The molecule has 2 bridgehead atoms. The maximum Gasteiger partial charge on any atom is 0.00104 e. The molecule has 0 heterocycles. The molecule has 13 heavy (non-hydrogen) atoms. The molecule has 3 aliphatic carbocycles. The van der Waals surface area contributed by atoms with Crippen LogP contribution in [0, 0.1) is 17.8 Å². The molecule has 1 heteroatoms. The Hall–Kier alpha value is -0.300. The number of hydrogen-bond donors (Lipinski definition) is 1. The fourth-order valence-electron chi connectivity index (χ4n) is 2.67. The van der Waals surface area contributed by atoms with E-state index in [2.05, 4.69) is 31.3 Å². The summed E-state index contributed by atoms with van der Waals surface area (Å²) in [5.74, 6) is 2.71. The van der Waals surface area contributed by atoms with Gasteiger partial charge in [0.25, 0.3) is 0 Å². The van der Waals surface area contributed by atoms with E-state index in [0.29, 0.717) is 6.04 Å². The van der Waals surface area contributed by atoms with Crippen molar-refractivity contribution in [2.24, 2.45) is 17.8 Å². The van der Waals surface area contributed by atoms with Crippen LogP contribution in [0.25, 0.3) is 0 Å². The maximum atomic E-state index is 3.57. The largest absolute Gasteiger partial charge is 0.314 e. The summed E-state index contributed by atoms with van der Waals surface area (Å²) in [6.07, 6.45) is 9.22. The van der Waals surface area contributed by atoms with Crippen molar-refractivity contribution < 1.29 is 0 Å². The second-order valence-electron chi connectivity index (χ2n) is 4.94. The van der Waals surface area contributed by atoms with E-state index < -0.39 is 0 Å². The number of hydrogen-bond acceptors (Lipinski definition) is 1. The topological polar surface area (TPSA) is 12.0 Å². The summed E-state index contributed by atoms with van der Waals surface area (Å²) >= 11 is 0. The third-order valence-electron chi connectivity index (χ3n) is 3.50. The van der Waals surface area contributed by atoms with Gasteiger partial charge in [0.05, 0.1) is 0 Å². The van der Waals surface area contributed by atoms with Crippen molar-refractivity contribution in [3.8, 4) is 0 Å². The van der Waals surface area contributed by atoms with E-state index in [4.69, 9.17) is 0 Å². The minimum atomic E-state index is 0.643. The van der Waals surface area contributed by atoms with E-state index in [0.717, 1.165) is 17.8 Å². The Kier molecular flexibility index (Phi) is 2.73. The Morgan fingerprint density at radius 1 is 1.31 bits per heavy atom. The highest BCUT2D eigenvalue weighted by molar-refractivity contribution is 5.06. The van der Waals surface area contributed by atoms with Gasteiger partial charge in [-0.2, -0.15) is 0 Å². The van der Waals surface area contributed by atoms with Crippen molar-refractivity contribution in [2.75, 3.05) is 6.54 Å². The molecule has 1 nitrogen and oxygen atoms in total. The van der Waals surface area contributed by atoms with Crippen LogP contribution < -0.4 is 5.32 Å². The van der Waals surface area contributed by atoms with Crippen molar-refractivity contribution >= 4 is 0 Å². The van der Waals surface area contributed by atoms with Gasteiger partial charge in [-0.25, -0.2) is 0 Å². The van der Waals surface area contributed by atoms with Gasteiger partial charge in [0.2, 0.25) is 0 Å². The van der Waals surface area contributed by atoms with E-state index in [-0.39, 0.29) is 0 Å². The summed E-state index contributed by atoms with van der Waals surface area (Å²) in [7, 11) is 0. The molecule has 0 spiro atoms. The number of allylic oxidation sites excluding steroid dienone is 2. The Labute approximate surface area is 81.6 Å². The highest BCUT2D eigenvalue weighted by Crippen LogP contribution is 2.39. The first kappa shape index (κ1) is 9.26. The molecular weight excluding hydrogens is 158 g/mol. The molecule has 0 saturated heterocycles. The predicted octanol–water partition coefficient (Wildman–Crippen LogP) is 2.59. The zero-order valence-electron chi connectivity index (χ0n) is 8.79. The van der Waals surface area contributed by atoms with Crippen molar-refractivity contribution in [3.63, 3.8) is 0 Å². The van der Waals surface area contributed by atoms with Crippen molar-refractivity contribution in [1.29, 1.82) is 0 Å². The standard InChI is InChI=1S/C12H21N/c1-9(2)13-8-12-7-10-3-5-11(12)6-4-10/h3,5,9-13H,4,6-8H2,1-2H3. The van der Waals surface area contributed by atoms with Gasteiger partial charge in [0.15, 0.2) is 0 Å². The first-order valence-corrected chi connectivity index (χ1v) is 5.67. The van der Waals surface area contributed by atoms with E-state index in [9.17, 15) is 0 Å². The highest BCUT2D eigenvalue weighted by Gasteiger charge is 2.31. The Morgan fingerprint density at radius 3 is 2.62 bits per heavy atom. The van der Waals surface area contributed by atoms with Gasteiger partial charge in [-0.3, -0.25) is 0 Å². The van der Waals surface area contributed by atoms with E-state index in [1.165, 1.54) is 25.8 Å². The fourth-order valence-corrected chi connectivity index (χ4v) is 2.67. The number of nitrogens with one attached hydrogen (secondary N) is 1. The second-order valence-corrected chi connectivity index (χ2v) is 4.94. The van der Waals surface area contributed by atoms with Gasteiger partial charge >= 0.3 is 0 Å². The van der Waals surface area contributed by atoms with Crippen LogP contribution in [0.4, 0.5) is 0 Å². The van der Waals surface area contributed by atoms with Gasteiger partial charge in [-0.15, -0.1) is 0 Å². The minimum absolute atomic E-state index is 0.643. The van der Waals surface area contributed by atoms with Gasteiger partial charge in [-0.1, -0.05) is 26.0 Å². The van der Waals surface area contributed by atoms with Crippen LogP contribution in [0.1, 0.15) is 33.1 Å². The van der Waals surface area contributed by atoms with E-state index in [1.54, 1.807) is 0 Å². The second kappa shape index (κ2) is 3.83. The van der Waals surface area contributed by atoms with Crippen LogP contribution in [0.2, 0.25) is 0 Å². The first-order valence-electron chi connectivity index (χ1n) is 5.67. The van der Waals surface area contributed by atoms with Crippen LogP contribution in [0.5, 0.6) is 0 Å². The van der Waals surface area contributed by atoms with Crippen LogP contribution >= 0.6 is 0 Å². The summed E-state index contributed by atoms with van der Waals surface area (Å²) in [5.41, 5.74) is 0. The van der Waals surface area contributed by atoms with Crippen LogP contribution in [-0.2, 0) is 0 Å². The molecule has 3 rings (SSSR count). The highest BCUT2D eigenvalue weighted by atomic mass is 14.9. The SMILES string of the molecule is CC(C)NCC1CC2C=CC1CC2. The lowest BCUT2D eigenvalue weighted by molar-refractivity contribution is 0.212. The minimum Gasteiger partial charge on any atom is -0.314 e. The molecule has 0 aromatic heterocycles. The molecule has 3 atom stereocenters. The van der Waals surface area contributed by atoms with Gasteiger partial charge in [0, 0.05) is 6.04 Å². The first-order chi connectivity index (χ1) is 6.25. The monoisotopic (exact) mass is 179 g/mol. The van der Waals surface area contributed by atoms with E-state index >= 15 is 0 Å². The molecule has 1 fully saturated rings. The van der Waals surface area contributed by atoms with Crippen molar-refractivity contribution in [1.82, 2.24) is 5.32 Å². The molecule has 0 aromatic carbocycles. The summed E-state index contributed by atoms with van der Waals surface area (Å²) in [6.45, 7) is 5.69. The normalized spacial score (nSPS) is 37.3. The Morgan fingerprint density at radius 2 is 2.15 bits per heavy atom. The van der Waals surface area contributed by atoms with Gasteiger partial charge in [-0.05, 0) is 43.6 Å². The molecule has 1 N–H and O–H groups in total. The number of fused-ring (bicyclic) bond motifs is 2. The van der Waals surface area contributed by atoms with Crippen molar-refractivity contribution in [3.05, 3.63) is 12.2 Å². The van der Waals surface area contributed by atoms with Crippen LogP contribution in [0.3, 0.4) is 0 Å². The predicted molar refractivity (Wildman–Crippen MR) is 56.6 cm³/mol. The number of rotatable bonds is 3. The van der Waals surface area contributed by atoms with E-state index in [1.807, 2.05) is 0 Å². The lowest BCUT2D eigenvalue weighted by Crippen LogP contribution is -2.37. The lowest BCUT2D eigenvalue weighted by Gasteiger charge is -2.38. The molecule has 0 amide bonds. The van der Waals surface area contributed by atoms with Crippen molar-refractivity contribution in [2.45, 2.75) is 39.2 Å². The average molecular weight is 179 g/mol.